The van der Waals surface area contributed by atoms with Crippen molar-refractivity contribution in [2.45, 2.75) is 12.0 Å². The van der Waals surface area contributed by atoms with Gasteiger partial charge in [-0.05, 0) is 37.7 Å². The van der Waals surface area contributed by atoms with Crippen LogP contribution in [0.25, 0.3) is 0 Å². The molecular formula is C12H18BrN3. The Morgan fingerprint density at radius 3 is 2.62 bits per heavy atom. The lowest BCUT2D eigenvalue weighted by atomic mass is 9.98. The standard InChI is InChI=1S/C12H18BrN3/c1-16-7-6-12(8-14,9-16)15-11-4-2-10(13)3-5-11/h2-5,15H,6-9,14H2,1H3. The van der Waals surface area contributed by atoms with Gasteiger partial charge in [0.05, 0.1) is 5.54 Å². The van der Waals surface area contributed by atoms with E-state index in [1.807, 2.05) is 12.1 Å². The predicted octanol–water partition coefficient (Wildman–Crippen LogP) is 1.89. The van der Waals surface area contributed by atoms with E-state index >= 15 is 0 Å². The molecule has 0 saturated carbocycles. The highest BCUT2D eigenvalue weighted by Crippen LogP contribution is 2.25. The first-order valence-corrected chi connectivity index (χ1v) is 6.35. The van der Waals surface area contributed by atoms with Crippen molar-refractivity contribution in [3.63, 3.8) is 0 Å². The highest BCUT2D eigenvalue weighted by molar-refractivity contribution is 9.10. The molecule has 0 spiro atoms. The average molecular weight is 284 g/mol. The van der Waals surface area contributed by atoms with Gasteiger partial charge in [-0.2, -0.15) is 0 Å². The molecule has 2 rings (SSSR count). The second-order valence-corrected chi connectivity index (χ2v) is 5.52. The summed E-state index contributed by atoms with van der Waals surface area (Å²) in [5.74, 6) is 0. The van der Waals surface area contributed by atoms with Crippen molar-refractivity contribution in [2.24, 2.45) is 5.73 Å². The first kappa shape index (κ1) is 11.9. The SMILES string of the molecule is CN1CCC(CN)(Nc2ccc(Br)cc2)C1. The zero-order valence-corrected chi connectivity index (χ0v) is 11.1. The summed E-state index contributed by atoms with van der Waals surface area (Å²) < 4.78 is 1.10. The molecule has 4 heteroatoms. The second kappa shape index (κ2) is 4.73. The number of hydrogen-bond donors (Lipinski definition) is 2. The fraction of sp³-hybridized carbons (Fsp3) is 0.500. The molecule has 3 N–H and O–H groups in total. The molecular weight excluding hydrogens is 266 g/mol. The monoisotopic (exact) mass is 283 g/mol. The van der Waals surface area contributed by atoms with Crippen LogP contribution >= 0.6 is 15.9 Å². The van der Waals surface area contributed by atoms with Gasteiger partial charge in [0.25, 0.3) is 0 Å². The molecule has 1 aliphatic heterocycles. The van der Waals surface area contributed by atoms with Crippen LogP contribution in [-0.4, -0.2) is 37.1 Å². The van der Waals surface area contributed by atoms with Crippen LogP contribution in [0.2, 0.25) is 0 Å². The molecule has 88 valence electrons. The zero-order chi connectivity index (χ0) is 11.6. The number of anilines is 1. The topological polar surface area (TPSA) is 41.3 Å². The maximum absolute atomic E-state index is 5.91. The van der Waals surface area contributed by atoms with Crippen LogP contribution in [0.3, 0.4) is 0 Å². The van der Waals surface area contributed by atoms with Gasteiger partial charge in [0.1, 0.15) is 0 Å². The minimum Gasteiger partial charge on any atom is -0.377 e. The first-order chi connectivity index (χ1) is 7.63. The number of rotatable bonds is 3. The summed E-state index contributed by atoms with van der Waals surface area (Å²) in [4.78, 5) is 2.32. The van der Waals surface area contributed by atoms with E-state index in [2.05, 4.69) is 45.3 Å². The van der Waals surface area contributed by atoms with Crippen molar-refractivity contribution in [3.05, 3.63) is 28.7 Å². The smallest absolute Gasteiger partial charge is 0.0634 e. The molecule has 0 aromatic heterocycles. The Bertz CT molecular complexity index is 352. The Morgan fingerprint density at radius 2 is 2.12 bits per heavy atom. The largest absolute Gasteiger partial charge is 0.377 e. The van der Waals surface area contributed by atoms with Crippen LogP contribution in [0, 0.1) is 0 Å². The fourth-order valence-electron chi connectivity index (χ4n) is 2.24. The van der Waals surface area contributed by atoms with E-state index in [0.29, 0.717) is 6.54 Å². The van der Waals surface area contributed by atoms with Gasteiger partial charge < -0.3 is 16.0 Å². The molecule has 1 aromatic rings. The third kappa shape index (κ3) is 2.56. The Labute approximate surface area is 105 Å². The summed E-state index contributed by atoms with van der Waals surface area (Å²) in [5, 5.41) is 3.57. The fourth-order valence-corrected chi connectivity index (χ4v) is 2.50. The van der Waals surface area contributed by atoms with E-state index in [1.165, 1.54) is 0 Å². The Kier molecular flexibility index (Phi) is 3.52. The third-order valence-electron chi connectivity index (χ3n) is 3.19. The van der Waals surface area contributed by atoms with Crippen LogP contribution in [0.15, 0.2) is 28.7 Å². The summed E-state index contributed by atoms with van der Waals surface area (Å²) in [7, 11) is 2.14. The Morgan fingerprint density at radius 1 is 1.44 bits per heavy atom. The number of likely N-dealkylation sites (N-methyl/N-ethyl adjacent to an activating group) is 1. The molecule has 1 saturated heterocycles. The van der Waals surface area contributed by atoms with E-state index in [0.717, 1.165) is 29.7 Å². The lowest BCUT2D eigenvalue weighted by molar-refractivity contribution is 0.385. The van der Waals surface area contributed by atoms with Crippen molar-refractivity contribution in [1.82, 2.24) is 4.90 Å². The number of nitrogens with one attached hydrogen (secondary N) is 1. The molecule has 0 bridgehead atoms. The van der Waals surface area contributed by atoms with Gasteiger partial charge in [0.15, 0.2) is 0 Å². The average Bonchev–Trinajstić information content (AvgIpc) is 2.64. The van der Waals surface area contributed by atoms with Crippen molar-refractivity contribution in [2.75, 3.05) is 32.0 Å². The Hall–Kier alpha value is -0.580. The number of benzene rings is 1. The maximum Gasteiger partial charge on any atom is 0.0634 e. The maximum atomic E-state index is 5.91. The van der Waals surface area contributed by atoms with Crippen molar-refractivity contribution in [3.8, 4) is 0 Å². The summed E-state index contributed by atoms with van der Waals surface area (Å²) >= 11 is 3.44. The number of nitrogens with zero attached hydrogens (tertiary/aromatic N) is 1. The minimum absolute atomic E-state index is 0.0442. The molecule has 0 aliphatic carbocycles. The van der Waals surface area contributed by atoms with E-state index in [4.69, 9.17) is 5.73 Å². The van der Waals surface area contributed by atoms with E-state index in [1.54, 1.807) is 0 Å². The molecule has 1 fully saturated rings. The molecule has 1 heterocycles. The van der Waals surface area contributed by atoms with Crippen molar-refractivity contribution >= 4 is 21.6 Å². The number of halogens is 1. The van der Waals surface area contributed by atoms with Crippen LogP contribution in [0.1, 0.15) is 6.42 Å². The summed E-state index contributed by atoms with van der Waals surface area (Å²) in [6, 6.07) is 8.26. The number of hydrogen-bond acceptors (Lipinski definition) is 3. The van der Waals surface area contributed by atoms with Crippen LogP contribution in [0.5, 0.6) is 0 Å². The second-order valence-electron chi connectivity index (χ2n) is 4.60. The molecule has 0 radical (unpaired) electrons. The van der Waals surface area contributed by atoms with Gasteiger partial charge in [-0.25, -0.2) is 0 Å². The molecule has 1 aromatic carbocycles. The van der Waals surface area contributed by atoms with Crippen molar-refractivity contribution < 1.29 is 0 Å². The normalized spacial score (nSPS) is 25.9. The van der Waals surface area contributed by atoms with Crippen LogP contribution in [-0.2, 0) is 0 Å². The van der Waals surface area contributed by atoms with Crippen LogP contribution < -0.4 is 11.1 Å². The quantitative estimate of drug-likeness (QED) is 0.890. The Balaban J connectivity index is 2.10. The summed E-state index contributed by atoms with van der Waals surface area (Å²) in [6.07, 6.45) is 1.11. The lowest BCUT2D eigenvalue weighted by Crippen LogP contribution is -2.47. The highest BCUT2D eigenvalue weighted by atomic mass is 79.9. The molecule has 1 aliphatic rings. The summed E-state index contributed by atoms with van der Waals surface area (Å²) in [5.41, 5.74) is 7.10. The van der Waals surface area contributed by atoms with Gasteiger partial charge in [0.2, 0.25) is 0 Å². The van der Waals surface area contributed by atoms with Gasteiger partial charge in [-0.3, -0.25) is 0 Å². The molecule has 1 unspecified atom stereocenters. The molecule has 0 amide bonds. The van der Waals surface area contributed by atoms with E-state index < -0.39 is 0 Å². The van der Waals surface area contributed by atoms with Crippen LogP contribution in [0.4, 0.5) is 5.69 Å². The number of nitrogens with two attached hydrogens (primary N) is 1. The zero-order valence-electron chi connectivity index (χ0n) is 9.54. The van der Waals surface area contributed by atoms with Gasteiger partial charge in [-0.1, -0.05) is 15.9 Å². The molecule has 1 atom stereocenters. The van der Waals surface area contributed by atoms with Crippen molar-refractivity contribution in [1.29, 1.82) is 0 Å². The summed E-state index contributed by atoms with van der Waals surface area (Å²) in [6.45, 7) is 2.80. The minimum atomic E-state index is 0.0442. The third-order valence-corrected chi connectivity index (χ3v) is 3.72. The lowest BCUT2D eigenvalue weighted by Gasteiger charge is -2.30. The van der Waals surface area contributed by atoms with E-state index in [9.17, 15) is 0 Å². The van der Waals surface area contributed by atoms with Gasteiger partial charge in [-0.15, -0.1) is 0 Å². The van der Waals surface area contributed by atoms with E-state index in [-0.39, 0.29) is 5.54 Å². The first-order valence-electron chi connectivity index (χ1n) is 5.56. The number of likely N-dealkylation sites (tertiary alicyclic amines) is 1. The van der Waals surface area contributed by atoms with Gasteiger partial charge >= 0.3 is 0 Å². The predicted molar refractivity (Wildman–Crippen MR) is 71.7 cm³/mol. The highest BCUT2D eigenvalue weighted by Gasteiger charge is 2.35. The molecule has 16 heavy (non-hydrogen) atoms. The van der Waals surface area contributed by atoms with Gasteiger partial charge in [0, 0.05) is 29.8 Å². The molecule has 3 nitrogen and oxygen atoms in total.